The molecule has 0 spiro atoms. The van der Waals surface area contributed by atoms with Crippen molar-refractivity contribution in [3.63, 3.8) is 0 Å². The third-order valence-electron chi connectivity index (χ3n) is 2.97. The first kappa shape index (κ1) is 18.7. The Morgan fingerprint density at radius 1 is 1.47 bits per heavy atom. The van der Waals surface area contributed by atoms with Crippen molar-refractivity contribution in [1.82, 2.24) is 5.32 Å². The summed E-state index contributed by atoms with van der Waals surface area (Å²) < 4.78 is 5.13. The normalized spacial score (nSPS) is 15.8. The van der Waals surface area contributed by atoms with Crippen LogP contribution in [-0.2, 0) is 9.53 Å². The van der Waals surface area contributed by atoms with Gasteiger partial charge in [-0.15, -0.1) is 0 Å². The fourth-order valence-electron chi connectivity index (χ4n) is 1.81. The van der Waals surface area contributed by atoms with Crippen LogP contribution in [0.15, 0.2) is 0 Å². The van der Waals surface area contributed by atoms with E-state index in [1.807, 2.05) is 39.5 Å². The third-order valence-corrected chi connectivity index (χ3v) is 4.35. The summed E-state index contributed by atoms with van der Waals surface area (Å²) in [4.78, 5) is 11.9. The van der Waals surface area contributed by atoms with Crippen LogP contribution in [0, 0.1) is 5.92 Å². The van der Waals surface area contributed by atoms with Gasteiger partial charge in [0, 0.05) is 6.61 Å². The van der Waals surface area contributed by atoms with E-state index in [-0.39, 0.29) is 12.6 Å². The highest BCUT2D eigenvalue weighted by Crippen LogP contribution is 2.18. The van der Waals surface area contributed by atoms with Crippen molar-refractivity contribution in [3.05, 3.63) is 0 Å². The fraction of sp³-hybridized carbons (Fsp3) is 0.929. The number of ether oxygens (including phenoxy) is 1. The van der Waals surface area contributed by atoms with Crippen molar-refractivity contribution in [3.8, 4) is 0 Å². The molecule has 0 aromatic carbocycles. The molecule has 0 saturated heterocycles. The van der Waals surface area contributed by atoms with Crippen LogP contribution >= 0.6 is 11.8 Å². The standard InChI is InChI=1S/C14H29NO3S/c1-5-15-14(4,13(17)18-6-2)8-7-9-19-11-12(3)10-16/h12,15-16H,5-11H2,1-4H3. The highest BCUT2D eigenvalue weighted by atomic mass is 32.2. The lowest BCUT2D eigenvalue weighted by Gasteiger charge is -2.28. The zero-order valence-corrected chi connectivity index (χ0v) is 13.5. The van der Waals surface area contributed by atoms with Crippen LogP contribution < -0.4 is 5.32 Å². The average Bonchev–Trinajstić information content (AvgIpc) is 2.38. The molecule has 0 radical (unpaired) electrons. The molecular weight excluding hydrogens is 262 g/mol. The van der Waals surface area contributed by atoms with Gasteiger partial charge in [0.05, 0.1) is 6.61 Å². The first-order valence-corrected chi connectivity index (χ1v) is 8.26. The summed E-state index contributed by atoms with van der Waals surface area (Å²) in [5.74, 6) is 2.15. The number of carbonyl (C=O) groups excluding carboxylic acids is 1. The Morgan fingerprint density at radius 3 is 2.68 bits per heavy atom. The molecular formula is C14H29NO3S. The Kier molecular flexibility index (Phi) is 10.4. The molecule has 0 bridgehead atoms. The number of aliphatic hydroxyl groups is 1. The van der Waals surface area contributed by atoms with Gasteiger partial charge in [-0.25, -0.2) is 0 Å². The minimum Gasteiger partial charge on any atom is -0.465 e. The number of hydrogen-bond donors (Lipinski definition) is 2. The van der Waals surface area contributed by atoms with Crippen LogP contribution in [0.3, 0.4) is 0 Å². The lowest BCUT2D eigenvalue weighted by molar-refractivity contribution is -0.150. The number of thioether (sulfide) groups is 1. The molecule has 0 aliphatic rings. The summed E-state index contributed by atoms with van der Waals surface area (Å²) in [6, 6.07) is 0. The van der Waals surface area contributed by atoms with Crippen molar-refractivity contribution in [1.29, 1.82) is 0 Å². The number of hydrogen-bond acceptors (Lipinski definition) is 5. The highest BCUT2D eigenvalue weighted by molar-refractivity contribution is 7.99. The minimum atomic E-state index is -0.575. The topological polar surface area (TPSA) is 58.6 Å². The first-order valence-electron chi connectivity index (χ1n) is 7.11. The number of esters is 1. The lowest BCUT2D eigenvalue weighted by atomic mass is 9.96. The maximum Gasteiger partial charge on any atom is 0.326 e. The maximum absolute atomic E-state index is 11.9. The van der Waals surface area contributed by atoms with E-state index in [4.69, 9.17) is 9.84 Å². The van der Waals surface area contributed by atoms with Crippen LogP contribution in [0.1, 0.15) is 40.5 Å². The van der Waals surface area contributed by atoms with Crippen molar-refractivity contribution < 1.29 is 14.6 Å². The Bertz CT molecular complexity index is 251. The molecule has 0 aliphatic heterocycles. The molecule has 2 N–H and O–H groups in total. The van der Waals surface area contributed by atoms with Gasteiger partial charge in [-0.1, -0.05) is 13.8 Å². The molecule has 114 valence electrons. The van der Waals surface area contributed by atoms with E-state index in [1.54, 1.807) is 0 Å². The molecule has 0 amide bonds. The van der Waals surface area contributed by atoms with Crippen molar-refractivity contribution in [2.45, 2.75) is 46.1 Å². The molecule has 19 heavy (non-hydrogen) atoms. The van der Waals surface area contributed by atoms with E-state index in [1.165, 1.54) is 0 Å². The first-order chi connectivity index (χ1) is 9.00. The quantitative estimate of drug-likeness (QED) is 0.451. The average molecular weight is 291 g/mol. The lowest BCUT2D eigenvalue weighted by Crippen LogP contribution is -2.50. The van der Waals surface area contributed by atoms with E-state index in [9.17, 15) is 4.79 Å². The summed E-state index contributed by atoms with van der Waals surface area (Å²) in [5, 5.41) is 12.2. The second-order valence-corrected chi connectivity index (χ2v) is 6.20. The molecule has 2 atom stereocenters. The van der Waals surface area contributed by atoms with Crippen LogP contribution in [-0.4, -0.2) is 47.9 Å². The van der Waals surface area contributed by atoms with Crippen molar-refractivity contribution in [2.24, 2.45) is 5.92 Å². The van der Waals surface area contributed by atoms with Crippen molar-refractivity contribution >= 4 is 17.7 Å². The third kappa shape index (κ3) is 7.80. The Balaban J connectivity index is 4.03. The van der Waals surface area contributed by atoms with Gasteiger partial charge >= 0.3 is 5.97 Å². The number of rotatable bonds is 11. The molecule has 2 unspecified atom stereocenters. The van der Waals surface area contributed by atoms with Crippen LogP contribution in [0.4, 0.5) is 0 Å². The van der Waals surface area contributed by atoms with Gasteiger partial charge < -0.3 is 15.2 Å². The SMILES string of the molecule is CCNC(C)(CCCSCC(C)CO)C(=O)OCC. The van der Waals surface area contributed by atoms with Gasteiger partial charge in [-0.3, -0.25) is 4.79 Å². The predicted octanol–water partition coefficient (Wildman–Crippen LogP) is 2.06. The van der Waals surface area contributed by atoms with Crippen molar-refractivity contribution in [2.75, 3.05) is 31.3 Å². The molecule has 0 saturated carbocycles. The summed E-state index contributed by atoms with van der Waals surface area (Å²) in [5.41, 5.74) is -0.575. The van der Waals surface area contributed by atoms with E-state index in [0.717, 1.165) is 30.9 Å². The van der Waals surface area contributed by atoms with E-state index in [2.05, 4.69) is 5.32 Å². The van der Waals surface area contributed by atoms with Gasteiger partial charge in [-0.05, 0) is 50.7 Å². The monoisotopic (exact) mass is 291 g/mol. The predicted molar refractivity (Wildman–Crippen MR) is 81.5 cm³/mol. The Labute approximate surface area is 121 Å². The molecule has 4 nitrogen and oxygen atoms in total. The van der Waals surface area contributed by atoms with Gasteiger partial charge in [-0.2, -0.15) is 11.8 Å². The van der Waals surface area contributed by atoms with Crippen LogP contribution in [0.2, 0.25) is 0 Å². The van der Waals surface area contributed by atoms with Gasteiger partial charge in [0.2, 0.25) is 0 Å². The largest absolute Gasteiger partial charge is 0.465 e. The molecule has 0 rings (SSSR count). The van der Waals surface area contributed by atoms with E-state index >= 15 is 0 Å². The van der Waals surface area contributed by atoms with Gasteiger partial charge in [0.1, 0.15) is 5.54 Å². The molecule has 0 aromatic heterocycles. The smallest absolute Gasteiger partial charge is 0.326 e. The maximum atomic E-state index is 11.9. The fourth-order valence-corrected chi connectivity index (χ4v) is 2.83. The Morgan fingerprint density at radius 2 is 2.16 bits per heavy atom. The number of nitrogens with one attached hydrogen (secondary N) is 1. The second kappa shape index (κ2) is 10.5. The summed E-state index contributed by atoms with van der Waals surface area (Å²) in [6.07, 6.45) is 1.74. The zero-order chi connectivity index (χ0) is 14.7. The zero-order valence-electron chi connectivity index (χ0n) is 12.7. The highest BCUT2D eigenvalue weighted by Gasteiger charge is 2.32. The van der Waals surface area contributed by atoms with Gasteiger partial charge in [0.15, 0.2) is 0 Å². The summed E-state index contributed by atoms with van der Waals surface area (Å²) in [7, 11) is 0. The van der Waals surface area contributed by atoms with Crippen LogP contribution in [0.5, 0.6) is 0 Å². The molecule has 0 heterocycles. The number of aliphatic hydroxyl groups excluding tert-OH is 1. The summed E-state index contributed by atoms with van der Waals surface area (Å²) in [6.45, 7) is 9.19. The number of likely N-dealkylation sites (N-methyl/N-ethyl adjacent to an activating group) is 1. The van der Waals surface area contributed by atoms with E-state index < -0.39 is 5.54 Å². The summed E-state index contributed by atoms with van der Waals surface area (Å²) >= 11 is 1.83. The second-order valence-electron chi connectivity index (χ2n) is 5.05. The Hall–Kier alpha value is -0.260. The molecule has 0 fully saturated rings. The molecule has 0 aliphatic carbocycles. The van der Waals surface area contributed by atoms with E-state index in [0.29, 0.717) is 12.5 Å². The molecule has 5 heteroatoms. The molecule has 0 aromatic rings. The van der Waals surface area contributed by atoms with Gasteiger partial charge in [0.25, 0.3) is 0 Å². The van der Waals surface area contributed by atoms with Crippen LogP contribution in [0.25, 0.3) is 0 Å². The minimum absolute atomic E-state index is 0.162. The number of carbonyl (C=O) groups is 1.